The molecule has 0 spiro atoms. The van der Waals surface area contributed by atoms with E-state index < -0.39 is 0 Å². The fourth-order valence-electron chi connectivity index (χ4n) is 6.53. The lowest BCUT2D eigenvalue weighted by Gasteiger charge is -2.53. The highest BCUT2D eigenvalue weighted by molar-refractivity contribution is 6.25. The third-order valence-electron chi connectivity index (χ3n) is 7.77. The molecule has 0 aromatic rings. The topological polar surface area (TPSA) is 17.1 Å². The van der Waals surface area contributed by atoms with Crippen molar-refractivity contribution in [1.29, 1.82) is 0 Å². The van der Waals surface area contributed by atoms with Crippen LogP contribution >= 0.6 is 11.6 Å². The summed E-state index contributed by atoms with van der Waals surface area (Å²) in [6, 6.07) is 0. The zero-order chi connectivity index (χ0) is 15.5. The maximum absolute atomic E-state index is 12.0. The molecule has 3 saturated carbocycles. The molecule has 0 amide bonds. The van der Waals surface area contributed by atoms with Crippen molar-refractivity contribution in [3.63, 3.8) is 0 Å². The molecular formula is C20H27ClO. The number of Topliss-reactive ketones (excluding diaryl/α,β-unsaturated/α-hetero) is 1. The maximum atomic E-state index is 12.0. The number of hydrogen-bond acceptors (Lipinski definition) is 1. The number of rotatable bonds is 0. The van der Waals surface area contributed by atoms with Gasteiger partial charge in [0.1, 0.15) is 0 Å². The van der Waals surface area contributed by atoms with Gasteiger partial charge in [0.2, 0.25) is 0 Å². The van der Waals surface area contributed by atoms with E-state index in [1.807, 2.05) is 5.54 Å². The zero-order valence-corrected chi connectivity index (χ0v) is 14.6. The van der Waals surface area contributed by atoms with Crippen molar-refractivity contribution in [2.24, 2.45) is 29.1 Å². The summed E-state index contributed by atoms with van der Waals surface area (Å²) < 4.78 is 0. The zero-order valence-electron chi connectivity index (χ0n) is 13.8. The predicted molar refractivity (Wildman–Crippen MR) is 90.6 cm³/mol. The maximum Gasteiger partial charge on any atom is 0.158 e. The number of fused-ring (bicyclic) bond motifs is 5. The fourth-order valence-corrected chi connectivity index (χ4v) is 6.89. The van der Waals surface area contributed by atoms with Crippen molar-refractivity contribution in [2.75, 3.05) is 0 Å². The van der Waals surface area contributed by atoms with Gasteiger partial charge in [0.05, 0.1) is 0 Å². The lowest BCUT2D eigenvalue weighted by molar-refractivity contribution is -0.117. The van der Waals surface area contributed by atoms with Gasteiger partial charge in [-0.15, -0.1) is 0 Å². The van der Waals surface area contributed by atoms with Crippen LogP contribution in [0.4, 0.5) is 0 Å². The van der Waals surface area contributed by atoms with Gasteiger partial charge in [-0.25, -0.2) is 0 Å². The molecule has 0 radical (unpaired) electrons. The van der Waals surface area contributed by atoms with Crippen LogP contribution in [0.15, 0.2) is 22.3 Å². The van der Waals surface area contributed by atoms with Crippen LogP contribution in [0.1, 0.15) is 65.2 Å². The van der Waals surface area contributed by atoms with Crippen LogP contribution in [-0.2, 0) is 4.79 Å². The highest BCUT2D eigenvalue weighted by atomic mass is 35.5. The molecule has 0 aromatic carbocycles. The second-order valence-electron chi connectivity index (χ2n) is 8.32. The molecule has 0 bridgehead atoms. The Morgan fingerprint density at radius 2 is 1.91 bits per heavy atom. The molecule has 2 heteroatoms. The Bertz CT molecular complexity index is 572. The Morgan fingerprint density at radius 3 is 2.68 bits per heavy atom. The Hall–Kier alpha value is -0.560. The summed E-state index contributed by atoms with van der Waals surface area (Å²) >= 11 is 6.13. The standard InChI is InChI=1S/C20H27ClO/c1-12-14-4-5-17-16(15(14)6-8-19(12)22)9-10-20(2)13(11-21)3-7-18(17)20/h11,15-18H,3-10H2,1-2H3/b13-11+. The first kappa shape index (κ1) is 15.0. The first-order valence-corrected chi connectivity index (χ1v) is 9.52. The van der Waals surface area contributed by atoms with E-state index in [2.05, 4.69) is 13.8 Å². The van der Waals surface area contributed by atoms with Gasteiger partial charge < -0.3 is 0 Å². The number of carbonyl (C=O) groups excluding carboxylic acids is 1. The quantitative estimate of drug-likeness (QED) is 0.564. The molecule has 1 nitrogen and oxygen atoms in total. The van der Waals surface area contributed by atoms with E-state index in [1.165, 1.54) is 49.7 Å². The van der Waals surface area contributed by atoms with Crippen LogP contribution in [0, 0.1) is 29.1 Å². The lowest BCUT2D eigenvalue weighted by atomic mass is 9.51. The monoisotopic (exact) mass is 318 g/mol. The molecule has 0 heterocycles. The molecule has 5 atom stereocenters. The molecule has 0 saturated heterocycles. The molecule has 4 aliphatic carbocycles. The van der Waals surface area contributed by atoms with Crippen LogP contribution < -0.4 is 0 Å². The largest absolute Gasteiger partial charge is 0.295 e. The van der Waals surface area contributed by atoms with Crippen molar-refractivity contribution in [3.05, 3.63) is 22.3 Å². The second kappa shape index (κ2) is 5.23. The number of carbonyl (C=O) groups is 1. The van der Waals surface area contributed by atoms with Crippen LogP contribution in [0.5, 0.6) is 0 Å². The number of hydrogen-bond donors (Lipinski definition) is 0. The molecule has 0 aliphatic heterocycles. The van der Waals surface area contributed by atoms with E-state index in [9.17, 15) is 4.79 Å². The fraction of sp³-hybridized carbons (Fsp3) is 0.750. The lowest BCUT2D eigenvalue weighted by Crippen LogP contribution is -2.45. The van der Waals surface area contributed by atoms with Gasteiger partial charge in [-0.3, -0.25) is 4.79 Å². The first-order chi connectivity index (χ1) is 10.6. The molecule has 0 aromatic heterocycles. The van der Waals surface area contributed by atoms with Gasteiger partial charge in [-0.1, -0.05) is 29.7 Å². The van der Waals surface area contributed by atoms with Crippen LogP contribution in [0.2, 0.25) is 0 Å². The molecule has 0 N–H and O–H groups in total. The Kier molecular flexibility index (Phi) is 3.56. The molecule has 4 rings (SSSR count). The van der Waals surface area contributed by atoms with Crippen molar-refractivity contribution < 1.29 is 4.79 Å². The molecule has 5 unspecified atom stereocenters. The Balaban J connectivity index is 1.66. The summed E-state index contributed by atoms with van der Waals surface area (Å²) in [6.45, 7) is 4.55. The van der Waals surface area contributed by atoms with Gasteiger partial charge in [-0.2, -0.15) is 0 Å². The number of ketones is 1. The highest BCUT2D eigenvalue weighted by Crippen LogP contribution is 2.63. The SMILES string of the molecule is CC1=C2CCC3C(CCC4(C)/C(=C/Cl)CCC34)C2CCC1=O. The van der Waals surface area contributed by atoms with E-state index >= 15 is 0 Å². The number of halogens is 1. The smallest absolute Gasteiger partial charge is 0.158 e. The second-order valence-corrected chi connectivity index (χ2v) is 8.54. The third kappa shape index (κ3) is 1.94. The minimum Gasteiger partial charge on any atom is -0.295 e. The average Bonchev–Trinajstić information content (AvgIpc) is 2.87. The van der Waals surface area contributed by atoms with E-state index in [0.29, 0.717) is 17.1 Å². The van der Waals surface area contributed by atoms with E-state index in [1.54, 1.807) is 0 Å². The molecule has 4 aliphatic rings. The highest BCUT2D eigenvalue weighted by Gasteiger charge is 2.54. The minimum atomic E-state index is 0.365. The predicted octanol–water partition coefficient (Wildman–Crippen LogP) is 5.64. The third-order valence-corrected chi connectivity index (χ3v) is 8.03. The molecule has 120 valence electrons. The van der Waals surface area contributed by atoms with Gasteiger partial charge in [0, 0.05) is 12.0 Å². The summed E-state index contributed by atoms with van der Waals surface area (Å²) in [5.41, 5.74) is 6.42. The van der Waals surface area contributed by atoms with Crippen LogP contribution in [-0.4, -0.2) is 5.78 Å². The minimum absolute atomic E-state index is 0.365. The van der Waals surface area contributed by atoms with Crippen LogP contribution in [0.3, 0.4) is 0 Å². The summed E-state index contributed by atoms with van der Waals surface area (Å²) in [5.74, 6) is 3.65. The Labute approximate surface area is 139 Å². The average molecular weight is 319 g/mol. The van der Waals surface area contributed by atoms with E-state index in [-0.39, 0.29) is 0 Å². The van der Waals surface area contributed by atoms with Crippen molar-refractivity contribution in [2.45, 2.75) is 65.2 Å². The van der Waals surface area contributed by atoms with Gasteiger partial charge in [0.15, 0.2) is 5.78 Å². The van der Waals surface area contributed by atoms with Gasteiger partial charge in [-0.05, 0) is 86.5 Å². The number of allylic oxidation sites excluding steroid dienone is 2. The van der Waals surface area contributed by atoms with Gasteiger partial charge >= 0.3 is 0 Å². The summed E-state index contributed by atoms with van der Waals surface area (Å²) in [6.07, 6.45) is 9.56. The van der Waals surface area contributed by atoms with Crippen molar-refractivity contribution in [1.82, 2.24) is 0 Å². The summed E-state index contributed by atoms with van der Waals surface area (Å²) in [5, 5.41) is 0. The Morgan fingerprint density at radius 1 is 1.09 bits per heavy atom. The van der Waals surface area contributed by atoms with Gasteiger partial charge in [0.25, 0.3) is 0 Å². The van der Waals surface area contributed by atoms with Crippen LogP contribution in [0.25, 0.3) is 0 Å². The summed E-state index contributed by atoms with van der Waals surface area (Å²) in [7, 11) is 0. The van der Waals surface area contributed by atoms with E-state index in [0.717, 1.165) is 36.2 Å². The first-order valence-electron chi connectivity index (χ1n) is 9.09. The molecule has 22 heavy (non-hydrogen) atoms. The van der Waals surface area contributed by atoms with Crippen molar-refractivity contribution in [3.8, 4) is 0 Å². The van der Waals surface area contributed by atoms with E-state index in [4.69, 9.17) is 11.6 Å². The normalized spacial score (nSPS) is 46.5. The molecular weight excluding hydrogens is 292 g/mol. The van der Waals surface area contributed by atoms with Crippen molar-refractivity contribution >= 4 is 17.4 Å². The summed E-state index contributed by atoms with van der Waals surface area (Å²) in [4.78, 5) is 12.0. The molecule has 3 fully saturated rings.